The van der Waals surface area contributed by atoms with Crippen molar-refractivity contribution in [3.05, 3.63) is 70.2 Å². The van der Waals surface area contributed by atoms with E-state index in [1.807, 2.05) is 13.8 Å². The third-order valence-electron chi connectivity index (χ3n) is 4.11. The van der Waals surface area contributed by atoms with Crippen molar-refractivity contribution in [3.8, 4) is 0 Å². The van der Waals surface area contributed by atoms with Crippen molar-refractivity contribution < 1.29 is 14.4 Å². The van der Waals surface area contributed by atoms with Crippen molar-refractivity contribution in [1.82, 2.24) is 10.6 Å². The van der Waals surface area contributed by atoms with Gasteiger partial charge in [-0.3, -0.25) is 14.4 Å². The Morgan fingerprint density at radius 1 is 1.04 bits per heavy atom. The number of rotatable bonds is 8. The molecule has 0 saturated carbocycles. The number of hydrogen-bond donors (Lipinski definition) is 3. The molecule has 1 unspecified atom stereocenters. The first-order valence-corrected chi connectivity index (χ1v) is 9.37. The minimum Gasteiger partial charge on any atom is -0.366 e. The van der Waals surface area contributed by atoms with E-state index in [0.717, 1.165) is 5.56 Å². The highest BCUT2D eigenvalue weighted by Gasteiger charge is 2.22. The standard InChI is InChI=1S/C21H24ClN3O3/c1-13(2)10-18(25-20(27)15-6-8-17(22)9-7-15)21(28)24-12-14-4-3-5-16(11-14)19(23)26/h3-9,11,13,18H,10,12H2,1-2H3,(H2,23,26)(H,24,28)(H,25,27). The van der Waals surface area contributed by atoms with E-state index in [9.17, 15) is 14.4 Å². The molecular weight excluding hydrogens is 378 g/mol. The lowest BCUT2D eigenvalue weighted by Crippen LogP contribution is -2.47. The van der Waals surface area contributed by atoms with Crippen LogP contribution in [0.3, 0.4) is 0 Å². The SMILES string of the molecule is CC(C)CC(NC(=O)c1ccc(Cl)cc1)C(=O)NCc1cccc(C(N)=O)c1. The van der Waals surface area contributed by atoms with Gasteiger partial charge in [-0.25, -0.2) is 0 Å². The third-order valence-corrected chi connectivity index (χ3v) is 4.37. The number of amides is 3. The summed E-state index contributed by atoms with van der Waals surface area (Å²) < 4.78 is 0. The molecule has 0 radical (unpaired) electrons. The molecule has 0 aliphatic heterocycles. The molecule has 148 valence electrons. The van der Waals surface area contributed by atoms with Crippen LogP contribution in [0, 0.1) is 5.92 Å². The van der Waals surface area contributed by atoms with Gasteiger partial charge in [0.15, 0.2) is 0 Å². The van der Waals surface area contributed by atoms with Crippen LogP contribution in [0.25, 0.3) is 0 Å². The molecule has 1 atom stereocenters. The van der Waals surface area contributed by atoms with Crippen LogP contribution in [-0.2, 0) is 11.3 Å². The van der Waals surface area contributed by atoms with Gasteiger partial charge in [-0.15, -0.1) is 0 Å². The number of carbonyl (C=O) groups excluding carboxylic acids is 3. The monoisotopic (exact) mass is 401 g/mol. The molecule has 2 rings (SSSR count). The fraction of sp³-hybridized carbons (Fsp3) is 0.286. The summed E-state index contributed by atoms with van der Waals surface area (Å²) in [7, 11) is 0. The smallest absolute Gasteiger partial charge is 0.251 e. The number of nitrogens with one attached hydrogen (secondary N) is 2. The zero-order valence-electron chi connectivity index (χ0n) is 15.9. The number of benzene rings is 2. The Morgan fingerprint density at radius 3 is 2.32 bits per heavy atom. The second-order valence-corrected chi connectivity index (χ2v) is 7.38. The molecule has 0 aliphatic rings. The molecule has 2 aromatic carbocycles. The summed E-state index contributed by atoms with van der Waals surface area (Å²) >= 11 is 5.85. The predicted molar refractivity (Wildman–Crippen MR) is 109 cm³/mol. The highest BCUT2D eigenvalue weighted by Crippen LogP contribution is 2.11. The Morgan fingerprint density at radius 2 is 1.71 bits per heavy atom. The van der Waals surface area contributed by atoms with Gasteiger partial charge in [0.2, 0.25) is 11.8 Å². The van der Waals surface area contributed by atoms with Crippen LogP contribution in [-0.4, -0.2) is 23.8 Å². The minimum absolute atomic E-state index is 0.208. The van der Waals surface area contributed by atoms with Gasteiger partial charge in [-0.05, 0) is 54.3 Å². The average Bonchev–Trinajstić information content (AvgIpc) is 2.65. The molecule has 28 heavy (non-hydrogen) atoms. The summed E-state index contributed by atoms with van der Waals surface area (Å²) in [4.78, 5) is 36.4. The van der Waals surface area contributed by atoms with Crippen LogP contribution in [0.2, 0.25) is 5.02 Å². The average molecular weight is 402 g/mol. The van der Waals surface area contributed by atoms with Crippen LogP contribution in [0.15, 0.2) is 48.5 Å². The van der Waals surface area contributed by atoms with E-state index in [0.29, 0.717) is 22.6 Å². The molecule has 0 aliphatic carbocycles. The number of carbonyl (C=O) groups is 3. The lowest BCUT2D eigenvalue weighted by molar-refractivity contribution is -0.123. The van der Waals surface area contributed by atoms with Gasteiger partial charge in [0.25, 0.3) is 5.91 Å². The van der Waals surface area contributed by atoms with E-state index in [1.165, 1.54) is 0 Å². The first-order chi connectivity index (χ1) is 13.3. The van der Waals surface area contributed by atoms with Gasteiger partial charge < -0.3 is 16.4 Å². The Kier molecular flexibility index (Phi) is 7.58. The number of halogens is 1. The summed E-state index contributed by atoms with van der Waals surface area (Å²) in [5.41, 5.74) is 6.83. The molecule has 0 spiro atoms. The lowest BCUT2D eigenvalue weighted by Gasteiger charge is -2.20. The minimum atomic E-state index is -0.678. The number of primary amides is 1. The Hall–Kier alpha value is -2.86. The topological polar surface area (TPSA) is 101 Å². The fourth-order valence-corrected chi connectivity index (χ4v) is 2.82. The van der Waals surface area contributed by atoms with E-state index < -0.39 is 11.9 Å². The number of hydrogen-bond acceptors (Lipinski definition) is 3. The maximum Gasteiger partial charge on any atom is 0.251 e. The summed E-state index contributed by atoms with van der Waals surface area (Å²) in [6, 6.07) is 12.5. The first kappa shape index (κ1) is 21.4. The molecule has 2 aromatic rings. The van der Waals surface area contributed by atoms with Crippen LogP contribution < -0.4 is 16.4 Å². The molecule has 0 aromatic heterocycles. The first-order valence-electron chi connectivity index (χ1n) is 8.99. The van der Waals surface area contributed by atoms with Gasteiger partial charge >= 0.3 is 0 Å². The summed E-state index contributed by atoms with van der Waals surface area (Å²) in [6.07, 6.45) is 0.493. The van der Waals surface area contributed by atoms with Crippen LogP contribution in [0.1, 0.15) is 46.5 Å². The van der Waals surface area contributed by atoms with Crippen molar-refractivity contribution in [2.75, 3.05) is 0 Å². The quantitative estimate of drug-likeness (QED) is 0.633. The molecule has 0 fully saturated rings. The van der Waals surface area contributed by atoms with Gasteiger partial charge in [-0.2, -0.15) is 0 Å². The van der Waals surface area contributed by atoms with Crippen molar-refractivity contribution in [2.45, 2.75) is 32.9 Å². The van der Waals surface area contributed by atoms with Crippen molar-refractivity contribution >= 4 is 29.3 Å². The van der Waals surface area contributed by atoms with Crippen LogP contribution in [0.4, 0.5) is 0 Å². The summed E-state index contributed by atoms with van der Waals surface area (Å²) in [5, 5.41) is 6.12. The largest absolute Gasteiger partial charge is 0.366 e. The Balaban J connectivity index is 2.04. The second kappa shape index (κ2) is 9.90. The molecule has 0 heterocycles. The van der Waals surface area contributed by atoms with E-state index in [1.54, 1.807) is 48.5 Å². The van der Waals surface area contributed by atoms with E-state index in [4.69, 9.17) is 17.3 Å². The zero-order valence-corrected chi connectivity index (χ0v) is 16.6. The third kappa shape index (κ3) is 6.39. The Bertz CT molecular complexity index is 850. The van der Waals surface area contributed by atoms with E-state index >= 15 is 0 Å². The summed E-state index contributed by atoms with van der Waals surface area (Å²) in [6.45, 7) is 4.18. The van der Waals surface area contributed by atoms with Crippen LogP contribution in [0.5, 0.6) is 0 Å². The van der Waals surface area contributed by atoms with Crippen molar-refractivity contribution in [3.63, 3.8) is 0 Å². The van der Waals surface area contributed by atoms with Gasteiger partial charge in [0, 0.05) is 22.7 Å². The van der Waals surface area contributed by atoms with Crippen LogP contribution >= 0.6 is 11.6 Å². The molecule has 7 heteroatoms. The van der Waals surface area contributed by atoms with E-state index in [-0.39, 0.29) is 24.3 Å². The molecule has 6 nitrogen and oxygen atoms in total. The molecule has 0 bridgehead atoms. The zero-order chi connectivity index (χ0) is 20.7. The maximum atomic E-state index is 12.7. The van der Waals surface area contributed by atoms with Crippen molar-refractivity contribution in [2.24, 2.45) is 11.7 Å². The second-order valence-electron chi connectivity index (χ2n) is 6.94. The predicted octanol–water partition coefficient (Wildman–Crippen LogP) is 2.90. The van der Waals surface area contributed by atoms with Gasteiger partial charge in [0.05, 0.1) is 0 Å². The molecular formula is C21H24ClN3O3. The Labute approximate surface area is 169 Å². The summed E-state index contributed by atoms with van der Waals surface area (Å²) in [5.74, 6) is -0.950. The molecule has 3 amide bonds. The lowest BCUT2D eigenvalue weighted by atomic mass is 10.0. The number of nitrogens with two attached hydrogens (primary N) is 1. The molecule has 0 saturated heterocycles. The normalized spacial score (nSPS) is 11.7. The van der Waals surface area contributed by atoms with Gasteiger partial charge in [0.1, 0.15) is 6.04 Å². The fourth-order valence-electron chi connectivity index (χ4n) is 2.69. The maximum absolute atomic E-state index is 12.7. The van der Waals surface area contributed by atoms with Gasteiger partial charge in [-0.1, -0.05) is 37.6 Å². The van der Waals surface area contributed by atoms with Crippen molar-refractivity contribution in [1.29, 1.82) is 0 Å². The highest BCUT2D eigenvalue weighted by atomic mass is 35.5. The van der Waals surface area contributed by atoms with E-state index in [2.05, 4.69) is 10.6 Å². The molecule has 4 N–H and O–H groups in total. The highest BCUT2D eigenvalue weighted by molar-refractivity contribution is 6.30.